The number of sulfone groups is 1. The minimum atomic E-state index is -2.95. The lowest BCUT2D eigenvalue weighted by Crippen LogP contribution is -2.25. The van der Waals surface area contributed by atoms with Crippen LogP contribution in [0, 0.1) is 6.92 Å². The van der Waals surface area contributed by atoms with Crippen LogP contribution in [0.2, 0.25) is 0 Å². The van der Waals surface area contributed by atoms with E-state index in [-0.39, 0.29) is 11.8 Å². The monoisotopic (exact) mass is 306 g/mol. The molecule has 4 nitrogen and oxygen atoms in total. The van der Waals surface area contributed by atoms with Gasteiger partial charge >= 0.3 is 0 Å². The summed E-state index contributed by atoms with van der Waals surface area (Å²) < 4.78 is 23.0. The predicted octanol–water partition coefficient (Wildman–Crippen LogP) is 2.00. The van der Waals surface area contributed by atoms with Crippen molar-refractivity contribution in [1.29, 1.82) is 0 Å². The molecule has 1 aromatic rings. The zero-order valence-electron chi connectivity index (χ0n) is 9.49. The number of nitrogens with one attached hydrogen (secondary N) is 1. The zero-order valence-corrected chi connectivity index (χ0v) is 11.9. The number of anilines is 1. The van der Waals surface area contributed by atoms with Crippen LogP contribution in [0.5, 0.6) is 0 Å². The molecule has 0 aliphatic rings. The summed E-state index contributed by atoms with van der Waals surface area (Å²) >= 11 is 3.31. The molecular formula is C10H15BrN2O2S. The fraction of sp³-hybridized carbons (Fsp3) is 0.500. The summed E-state index contributed by atoms with van der Waals surface area (Å²) in [5.74, 6) is 0.113. The first-order valence-electron chi connectivity index (χ1n) is 4.84. The minimum absolute atomic E-state index is 0.113. The van der Waals surface area contributed by atoms with Crippen molar-refractivity contribution in [1.82, 2.24) is 4.98 Å². The third-order valence-electron chi connectivity index (χ3n) is 1.98. The Labute approximate surface area is 105 Å². The Bertz CT molecular complexity index is 474. The van der Waals surface area contributed by atoms with Crippen LogP contribution in [-0.2, 0) is 9.84 Å². The van der Waals surface area contributed by atoms with Crippen molar-refractivity contribution in [3.8, 4) is 0 Å². The van der Waals surface area contributed by atoms with Crippen molar-refractivity contribution < 1.29 is 8.42 Å². The molecule has 0 spiro atoms. The van der Waals surface area contributed by atoms with Crippen molar-refractivity contribution in [3.05, 3.63) is 22.4 Å². The molecule has 1 rings (SSSR count). The highest BCUT2D eigenvalue weighted by Crippen LogP contribution is 2.17. The van der Waals surface area contributed by atoms with E-state index in [0.29, 0.717) is 0 Å². The molecule has 16 heavy (non-hydrogen) atoms. The van der Waals surface area contributed by atoms with Gasteiger partial charge < -0.3 is 5.32 Å². The normalized spacial score (nSPS) is 13.5. The van der Waals surface area contributed by atoms with Crippen LogP contribution >= 0.6 is 15.9 Å². The number of hydrogen-bond donors (Lipinski definition) is 1. The van der Waals surface area contributed by atoms with Crippen LogP contribution in [0.1, 0.15) is 12.5 Å². The van der Waals surface area contributed by atoms with Crippen molar-refractivity contribution in [2.45, 2.75) is 19.9 Å². The highest BCUT2D eigenvalue weighted by atomic mass is 79.9. The molecule has 1 unspecified atom stereocenters. The summed E-state index contributed by atoms with van der Waals surface area (Å²) in [6.07, 6.45) is 2.91. The van der Waals surface area contributed by atoms with Gasteiger partial charge in [-0.2, -0.15) is 0 Å². The number of nitrogens with zero attached hydrogens (tertiary/aromatic N) is 1. The molecule has 0 aliphatic heterocycles. The third-order valence-corrected chi connectivity index (χ3v) is 3.92. The second-order valence-corrected chi connectivity index (χ2v) is 6.91. The Balaban J connectivity index is 2.70. The van der Waals surface area contributed by atoms with Gasteiger partial charge in [-0.25, -0.2) is 13.4 Å². The van der Waals surface area contributed by atoms with Crippen LogP contribution < -0.4 is 5.32 Å². The van der Waals surface area contributed by atoms with E-state index in [0.717, 1.165) is 15.9 Å². The number of aryl methyl sites for hydroxylation is 1. The predicted molar refractivity (Wildman–Crippen MR) is 69.5 cm³/mol. The zero-order chi connectivity index (χ0) is 12.3. The minimum Gasteiger partial charge on any atom is -0.380 e. The molecule has 1 atom stereocenters. The van der Waals surface area contributed by atoms with Crippen LogP contribution in [0.25, 0.3) is 0 Å². The van der Waals surface area contributed by atoms with E-state index < -0.39 is 9.84 Å². The lowest BCUT2D eigenvalue weighted by Gasteiger charge is -2.14. The molecule has 1 N–H and O–H groups in total. The van der Waals surface area contributed by atoms with Gasteiger partial charge in [0.25, 0.3) is 0 Å². The number of halogens is 1. The van der Waals surface area contributed by atoms with Gasteiger partial charge in [-0.1, -0.05) is 0 Å². The molecule has 0 radical (unpaired) electrons. The molecule has 0 aromatic carbocycles. The highest BCUT2D eigenvalue weighted by Gasteiger charge is 2.10. The summed E-state index contributed by atoms with van der Waals surface area (Å²) in [6, 6.07) is 1.80. The SMILES string of the molecule is Cc1cc(NC(C)CS(C)(=O)=O)cnc1Br. The van der Waals surface area contributed by atoms with E-state index in [1.807, 2.05) is 19.9 Å². The van der Waals surface area contributed by atoms with Gasteiger partial charge in [0, 0.05) is 12.3 Å². The average Bonchev–Trinajstić information content (AvgIpc) is 2.08. The quantitative estimate of drug-likeness (QED) is 0.864. The Morgan fingerprint density at radius 3 is 2.69 bits per heavy atom. The molecule has 0 amide bonds. The Kier molecular flexibility index (Phi) is 4.32. The topological polar surface area (TPSA) is 59.1 Å². The summed E-state index contributed by atoms with van der Waals surface area (Å²) in [5.41, 5.74) is 1.84. The maximum Gasteiger partial charge on any atom is 0.149 e. The molecule has 0 saturated carbocycles. The van der Waals surface area contributed by atoms with E-state index in [4.69, 9.17) is 0 Å². The first kappa shape index (κ1) is 13.4. The van der Waals surface area contributed by atoms with Gasteiger partial charge in [-0.15, -0.1) is 0 Å². The number of aromatic nitrogens is 1. The summed E-state index contributed by atoms with van der Waals surface area (Å²) in [5, 5.41) is 3.10. The molecule has 0 saturated heterocycles. The third kappa shape index (κ3) is 4.49. The number of hydrogen-bond acceptors (Lipinski definition) is 4. The molecule has 0 aliphatic carbocycles. The summed E-state index contributed by atoms with van der Waals surface area (Å²) in [4.78, 5) is 4.13. The molecule has 1 aromatic heterocycles. The standard InChI is InChI=1S/C10H15BrN2O2S/c1-7-4-9(5-12-10(7)11)13-8(2)6-16(3,14)15/h4-5,8,13H,6H2,1-3H3. The average molecular weight is 307 g/mol. The number of pyridine rings is 1. The molecular weight excluding hydrogens is 292 g/mol. The second kappa shape index (κ2) is 5.14. The van der Waals surface area contributed by atoms with Gasteiger partial charge in [0.1, 0.15) is 14.4 Å². The maximum absolute atomic E-state index is 11.1. The smallest absolute Gasteiger partial charge is 0.149 e. The highest BCUT2D eigenvalue weighted by molar-refractivity contribution is 9.10. The van der Waals surface area contributed by atoms with Crippen molar-refractivity contribution in [3.63, 3.8) is 0 Å². The van der Waals surface area contributed by atoms with Gasteiger partial charge in [-0.05, 0) is 41.4 Å². The van der Waals surface area contributed by atoms with Crippen molar-refractivity contribution >= 4 is 31.5 Å². The largest absolute Gasteiger partial charge is 0.380 e. The fourth-order valence-corrected chi connectivity index (χ4v) is 2.63. The first-order chi connectivity index (χ1) is 7.28. The number of rotatable bonds is 4. The second-order valence-electron chi connectivity index (χ2n) is 3.97. The van der Waals surface area contributed by atoms with Crippen molar-refractivity contribution in [2.75, 3.05) is 17.3 Å². The molecule has 6 heteroatoms. The van der Waals surface area contributed by atoms with Gasteiger partial charge in [0.2, 0.25) is 0 Å². The molecule has 90 valence electrons. The Hall–Kier alpha value is -0.620. The van der Waals surface area contributed by atoms with E-state index in [1.165, 1.54) is 6.26 Å². The van der Waals surface area contributed by atoms with Crippen LogP contribution in [0.4, 0.5) is 5.69 Å². The molecule has 0 fully saturated rings. The van der Waals surface area contributed by atoms with E-state index in [1.54, 1.807) is 6.20 Å². The first-order valence-corrected chi connectivity index (χ1v) is 7.69. The Morgan fingerprint density at radius 2 is 2.19 bits per heavy atom. The van der Waals surface area contributed by atoms with Crippen LogP contribution in [0.15, 0.2) is 16.9 Å². The molecule has 0 bridgehead atoms. The van der Waals surface area contributed by atoms with E-state index in [2.05, 4.69) is 26.2 Å². The fourth-order valence-electron chi connectivity index (χ4n) is 1.42. The van der Waals surface area contributed by atoms with Crippen molar-refractivity contribution in [2.24, 2.45) is 0 Å². The van der Waals surface area contributed by atoms with Gasteiger partial charge in [0.15, 0.2) is 0 Å². The Morgan fingerprint density at radius 1 is 1.56 bits per heavy atom. The van der Waals surface area contributed by atoms with Crippen LogP contribution in [-0.4, -0.2) is 31.5 Å². The maximum atomic E-state index is 11.1. The summed E-state index contributed by atoms with van der Waals surface area (Å²) in [7, 11) is -2.95. The van der Waals surface area contributed by atoms with Gasteiger partial charge in [-0.3, -0.25) is 0 Å². The van der Waals surface area contributed by atoms with Crippen LogP contribution in [0.3, 0.4) is 0 Å². The van der Waals surface area contributed by atoms with E-state index in [9.17, 15) is 8.42 Å². The lowest BCUT2D eigenvalue weighted by molar-refractivity contribution is 0.598. The lowest BCUT2D eigenvalue weighted by atomic mass is 10.3. The summed E-state index contributed by atoms with van der Waals surface area (Å²) in [6.45, 7) is 3.77. The molecule has 1 heterocycles. The van der Waals surface area contributed by atoms with E-state index >= 15 is 0 Å². The van der Waals surface area contributed by atoms with Gasteiger partial charge in [0.05, 0.1) is 17.6 Å².